The smallest absolute Gasteiger partial charge is 0.338 e. The van der Waals surface area contributed by atoms with Crippen LogP contribution in [-0.2, 0) is 47.7 Å². The zero-order chi connectivity index (χ0) is 44.1. The van der Waals surface area contributed by atoms with Crippen molar-refractivity contribution in [1.29, 1.82) is 0 Å². The number of amides is 1. The van der Waals surface area contributed by atoms with Gasteiger partial charge in [-0.2, -0.15) is 0 Å². The van der Waals surface area contributed by atoms with Crippen LogP contribution in [0, 0.1) is 16.7 Å². The zero-order valence-electron chi connectivity index (χ0n) is 34.9. The van der Waals surface area contributed by atoms with Crippen LogP contribution in [-0.4, -0.2) is 105 Å². The van der Waals surface area contributed by atoms with Crippen molar-refractivity contribution in [2.45, 2.75) is 122 Å². The molecule has 2 saturated carbocycles. The summed E-state index contributed by atoms with van der Waals surface area (Å²) in [5.41, 5.74) is -6.91. The molecule has 0 spiro atoms. The van der Waals surface area contributed by atoms with Gasteiger partial charge in [0.15, 0.2) is 23.6 Å². The maximum absolute atomic E-state index is 15.4. The van der Waals surface area contributed by atoms with E-state index >= 15 is 4.79 Å². The topological polar surface area (TPSA) is 221 Å². The molecule has 0 unspecified atom stereocenters. The van der Waals surface area contributed by atoms with E-state index in [0.29, 0.717) is 11.1 Å². The van der Waals surface area contributed by atoms with Crippen molar-refractivity contribution in [1.82, 2.24) is 5.32 Å². The van der Waals surface area contributed by atoms with Crippen LogP contribution in [0.3, 0.4) is 0 Å². The predicted molar refractivity (Wildman–Crippen MR) is 211 cm³/mol. The summed E-state index contributed by atoms with van der Waals surface area (Å²) in [5.74, 6) is -6.78. The van der Waals surface area contributed by atoms with Crippen LogP contribution < -0.4 is 5.32 Å². The van der Waals surface area contributed by atoms with Crippen molar-refractivity contribution in [3.05, 3.63) is 94.6 Å². The van der Waals surface area contributed by atoms with Crippen LogP contribution in [0.15, 0.2) is 83.5 Å². The van der Waals surface area contributed by atoms with E-state index in [1.54, 1.807) is 82.3 Å². The number of Topliss-reactive ketones (excluding diaryl/α,β-unsaturated/α-hetero) is 1. The van der Waals surface area contributed by atoms with Gasteiger partial charge in [0.1, 0.15) is 23.9 Å². The minimum atomic E-state index is -2.38. The van der Waals surface area contributed by atoms with Gasteiger partial charge in [0, 0.05) is 37.7 Å². The number of hydrogen-bond donors (Lipinski definition) is 4. The summed E-state index contributed by atoms with van der Waals surface area (Å²) in [6.07, 6.45) is -8.88. The highest BCUT2D eigenvalue weighted by atomic mass is 16.6. The molecule has 15 nitrogen and oxygen atoms in total. The van der Waals surface area contributed by atoms with Crippen molar-refractivity contribution < 1.29 is 67.8 Å². The lowest BCUT2D eigenvalue weighted by Gasteiger charge is -2.67. The molecule has 2 aromatic carbocycles. The van der Waals surface area contributed by atoms with Crippen LogP contribution >= 0.6 is 0 Å². The summed E-state index contributed by atoms with van der Waals surface area (Å²) in [7, 11) is 0. The molecule has 0 aromatic heterocycles. The lowest BCUT2D eigenvalue weighted by Crippen LogP contribution is -2.82. The summed E-state index contributed by atoms with van der Waals surface area (Å²) in [5, 5.41) is 40.0. The van der Waals surface area contributed by atoms with Gasteiger partial charge in [-0.3, -0.25) is 19.2 Å². The first-order valence-electron chi connectivity index (χ1n) is 19.9. The fraction of sp³-hybridized carbons (Fsp3) is 0.511. The number of allylic oxidation sites excluding steroid dienone is 1. The number of carbonyl (C=O) groups excluding carboxylic acids is 6. The fourth-order valence-electron chi connectivity index (χ4n) is 9.75. The van der Waals surface area contributed by atoms with E-state index in [0.717, 1.165) is 13.8 Å². The Morgan fingerprint density at radius 3 is 2.08 bits per heavy atom. The highest BCUT2D eigenvalue weighted by Crippen LogP contribution is 2.64. The Labute approximate surface area is 348 Å². The number of fused-ring (bicyclic) bond motifs is 5. The number of ether oxygens (including phenoxy) is 5. The van der Waals surface area contributed by atoms with E-state index < -0.39 is 113 Å². The summed E-state index contributed by atoms with van der Waals surface area (Å²) in [6.45, 7) is 11.2. The second-order valence-electron chi connectivity index (χ2n) is 17.0. The maximum Gasteiger partial charge on any atom is 0.338 e. The molecule has 1 aliphatic heterocycles. The van der Waals surface area contributed by atoms with E-state index in [1.165, 1.54) is 26.0 Å². The molecule has 1 amide bonds. The minimum Gasteiger partial charge on any atom is -0.456 e. The van der Waals surface area contributed by atoms with Gasteiger partial charge in [-0.15, -0.1) is 0 Å². The molecular weight excluding hydrogens is 778 g/mol. The third-order valence-corrected chi connectivity index (χ3v) is 13.2. The van der Waals surface area contributed by atoms with Gasteiger partial charge in [-0.25, -0.2) is 9.59 Å². The van der Waals surface area contributed by atoms with E-state index in [1.807, 2.05) is 0 Å². The molecule has 4 N–H and O–H groups in total. The summed E-state index contributed by atoms with van der Waals surface area (Å²) < 4.78 is 30.2. The Morgan fingerprint density at radius 1 is 0.917 bits per heavy atom. The van der Waals surface area contributed by atoms with Crippen molar-refractivity contribution in [2.75, 3.05) is 6.61 Å². The molecule has 2 aromatic rings. The van der Waals surface area contributed by atoms with E-state index in [9.17, 15) is 39.3 Å². The molecule has 3 fully saturated rings. The lowest BCUT2D eigenvalue weighted by molar-refractivity contribution is -0.346. The number of aliphatic hydroxyl groups is 3. The highest BCUT2D eigenvalue weighted by molar-refractivity contribution is 5.96. The van der Waals surface area contributed by atoms with Gasteiger partial charge < -0.3 is 44.3 Å². The normalized spacial score (nSPS) is 32.9. The van der Waals surface area contributed by atoms with E-state index in [4.69, 9.17) is 23.7 Å². The van der Waals surface area contributed by atoms with Crippen LogP contribution in [0.1, 0.15) is 90.2 Å². The lowest BCUT2D eigenvalue weighted by atomic mass is 9.44. The average Bonchev–Trinajstić information content (AvgIpc) is 3.20. The third kappa shape index (κ3) is 7.24. The number of carbonyl (C=O) groups is 6. The van der Waals surface area contributed by atoms with Crippen LogP contribution in [0.2, 0.25) is 0 Å². The second-order valence-corrected chi connectivity index (χ2v) is 17.0. The second kappa shape index (κ2) is 16.3. The molecule has 1 saturated heterocycles. The molecule has 6 rings (SSSR count). The number of nitrogens with one attached hydrogen (secondary N) is 1. The Kier molecular flexibility index (Phi) is 12.1. The molecule has 15 heteroatoms. The maximum atomic E-state index is 15.4. The molecule has 60 heavy (non-hydrogen) atoms. The Bertz CT molecular complexity index is 2110. The molecular formula is C45H53NO14. The van der Waals surface area contributed by atoms with Crippen molar-refractivity contribution in [3.8, 4) is 0 Å². The number of esters is 4. The number of aliphatic hydroxyl groups excluding tert-OH is 2. The number of hydrogen-bond acceptors (Lipinski definition) is 14. The molecule has 3 aliphatic carbocycles. The molecule has 0 radical (unpaired) electrons. The highest BCUT2D eigenvalue weighted by Gasteiger charge is 2.78. The van der Waals surface area contributed by atoms with Crippen molar-refractivity contribution in [3.63, 3.8) is 0 Å². The summed E-state index contributed by atoms with van der Waals surface area (Å²) in [6, 6.07) is 14.8. The van der Waals surface area contributed by atoms with Gasteiger partial charge in [0.25, 0.3) is 0 Å². The molecule has 322 valence electrons. The first-order chi connectivity index (χ1) is 28.1. The SMILES string of the molecule is C/C=C(\C)C(=O)N[C@@H](c1ccccc1)[C@@H](O)C(=O)O[C@H]1C[C@]2(O)[C@@H](OC(=O)c3ccccc3)[C@@H]3[C@]4(OC(C)=O)CO[C@@H]4C[C@@H](O)[C@@]3(C)C(=O)[C@H](OC(C)=O)C(=C1C)C2(C)C. The van der Waals surface area contributed by atoms with Gasteiger partial charge in [0.05, 0.1) is 35.6 Å². The largest absolute Gasteiger partial charge is 0.456 e. The Morgan fingerprint density at radius 2 is 1.53 bits per heavy atom. The third-order valence-electron chi connectivity index (χ3n) is 13.2. The van der Waals surface area contributed by atoms with Crippen LogP contribution in [0.4, 0.5) is 0 Å². The molecule has 4 aliphatic rings. The fourth-order valence-corrected chi connectivity index (χ4v) is 9.75. The van der Waals surface area contributed by atoms with E-state index in [-0.39, 0.29) is 29.7 Å². The monoisotopic (exact) mass is 831 g/mol. The summed E-state index contributed by atoms with van der Waals surface area (Å²) >= 11 is 0. The van der Waals surface area contributed by atoms with Crippen LogP contribution in [0.5, 0.6) is 0 Å². The zero-order valence-corrected chi connectivity index (χ0v) is 34.9. The number of rotatable bonds is 10. The molecule has 11 atom stereocenters. The number of ketones is 1. The standard InChI is InChI=1S/C45H53NO14/c1-9-23(2)39(52)46-33(27-16-12-10-13-17-27)34(50)41(54)58-29-21-45(55)38(59-40(53)28-18-14-11-15-19-28)36-43(8,30(49)20-31-44(36,22-56-31)60-26(5)48)37(51)35(57-25(4)47)32(24(29)3)42(45,6)7/h9-19,29-31,33-36,38,49-50,55H,20-22H2,1-8H3,(H,46,52)/b23-9+/t29-,30+,31+,33-,34+,35+,36-,38-,43+,44-,45-/m0/s1. The van der Waals surface area contributed by atoms with Gasteiger partial charge in [-0.1, -0.05) is 68.5 Å². The first kappa shape index (κ1) is 44.3. The van der Waals surface area contributed by atoms with Crippen molar-refractivity contribution >= 4 is 35.6 Å². The van der Waals surface area contributed by atoms with Gasteiger partial charge >= 0.3 is 23.9 Å². The summed E-state index contributed by atoms with van der Waals surface area (Å²) in [4.78, 5) is 82.9. The molecule has 1 heterocycles. The minimum absolute atomic E-state index is 0.00140. The molecule has 2 bridgehead atoms. The number of benzene rings is 2. The van der Waals surface area contributed by atoms with Gasteiger partial charge in [0.2, 0.25) is 5.91 Å². The Balaban J connectivity index is 1.56. The predicted octanol–water partition coefficient (Wildman–Crippen LogP) is 3.39. The van der Waals surface area contributed by atoms with E-state index in [2.05, 4.69) is 5.32 Å². The Hall–Kier alpha value is -5.22. The first-order valence-corrected chi connectivity index (χ1v) is 19.9. The van der Waals surface area contributed by atoms with Crippen LogP contribution in [0.25, 0.3) is 0 Å². The average molecular weight is 832 g/mol. The van der Waals surface area contributed by atoms with Gasteiger partial charge in [-0.05, 0) is 56.5 Å². The van der Waals surface area contributed by atoms with Crippen molar-refractivity contribution in [2.24, 2.45) is 16.7 Å². The quantitative estimate of drug-likeness (QED) is 0.117.